The first-order valence-electron chi connectivity index (χ1n) is 4.79. The first-order chi connectivity index (χ1) is 5.90. The minimum absolute atomic E-state index is 0.734. The maximum Gasteiger partial charge on any atom is 0.0897 e. The summed E-state index contributed by atoms with van der Waals surface area (Å²) < 4.78 is 0. The van der Waals surface area contributed by atoms with Crippen molar-refractivity contribution in [2.75, 3.05) is 26.3 Å². The molecule has 0 unspecified atom stereocenters. The SMILES string of the molecule is CCN1C=CN([C@@H]2CCNC2)C1. The molecule has 1 atom stereocenters. The molecular weight excluding hydrogens is 150 g/mol. The zero-order chi connectivity index (χ0) is 8.39. The molecular formula is C9H17N3. The van der Waals surface area contributed by atoms with Crippen LogP contribution in [0, 0.1) is 0 Å². The maximum atomic E-state index is 3.39. The predicted molar refractivity (Wildman–Crippen MR) is 49.5 cm³/mol. The van der Waals surface area contributed by atoms with Crippen molar-refractivity contribution in [3.63, 3.8) is 0 Å². The van der Waals surface area contributed by atoms with Crippen LogP contribution in [0.1, 0.15) is 13.3 Å². The minimum atomic E-state index is 0.734. The van der Waals surface area contributed by atoms with E-state index in [9.17, 15) is 0 Å². The van der Waals surface area contributed by atoms with Crippen LogP contribution in [-0.4, -0.2) is 42.1 Å². The maximum absolute atomic E-state index is 3.39. The Balaban J connectivity index is 1.87. The van der Waals surface area contributed by atoms with Crippen LogP contribution in [-0.2, 0) is 0 Å². The van der Waals surface area contributed by atoms with Gasteiger partial charge in [-0.3, -0.25) is 0 Å². The molecule has 3 nitrogen and oxygen atoms in total. The third-order valence-corrected chi connectivity index (χ3v) is 2.72. The summed E-state index contributed by atoms with van der Waals surface area (Å²) in [4.78, 5) is 4.77. The summed E-state index contributed by atoms with van der Waals surface area (Å²) >= 11 is 0. The fourth-order valence-electron chi connectivity index (χ4n) is 1.85. The molecule has 0 spiro atoms. The van der Waals surface area contributed by atoms with Crippen LogP contribution in [0.4, 0.5) is 0 Å². The molecule has 0 amide bonds. The molecule has 1 fully saturated rings. The fourth-order valence-corrected chi connectivity index (χ4v) is 1.85. The average molecular weight is 167 g/mol. The normalized spacial score (nSPS) is 28.9. The Labute approximate surface area is 74.0 Å². The lowest BCUT2D eigenvalue weighted by molar-refractivity contribution is 0.226. The highest BCUT2D eigenvalue weighted by atomic mass is 15.4. The Hall–Kier alpha value is -0.700. The van der Waals surface area contributed by atoms with Crippen molar-refractivity contribution < 1.29 is 0 Å². The second kappa shape index (κ2) is 3.35. The third kappa shape index (κ3) is 1.41. The van der Waals surface area contributed by atoms with Gasteiger partial charge in [-0.2, -0.15) is 0 Å². The summed E-state index contributed by atoms with van der Waals surface area (Å²) in [5, 5.41) is 3.39. The van der Waals surface area contributed by atoms with E-state index >= 15 is 0 Å². The zero-order valence-electron chi connectivity index (χ0n) is 7.66. The first-order valence-corrected chi connectivity index (χ1v) is 4.79. The molecule has 0 bridgehead atoms. The van der Waals surface area contributed by atoms with Crippen molar-refractivity contribution in [2.45, 2.75) is 19.4 Å². The van der Waals surface area contributed by atoms with Gasteiger partial charge in [-0.05, 0) is 19.9 Å². The van der Waals surface area contributed by atoms with Gasteiger partial charge >= 0.3 is 0 Å². The molecule has 0 aromatic rings. The third-order valence-electron chi connectivity index (χ3n) is 2.72. The van der Waals surface area contributed by atoms with Crippen LogP contribution in [0.25, 0.3) is 0 Å². The lowest BCUT2D eigenvalue weighted by atomic mass is 10.2. The Kier molecular flexibility index (Phi) is 2.21. The smallest absolute Gasteiger partial charge is 0.0897 e. The number of rotatable bonds is 2. The van der Waals surface area contributed by atoms with E-state index in [1.165, 1.54) is 13.0 Å². The van der Waals surface area contributed by atoms with Crippen LogP contribution in [0.15, 0.2) is 12.4 Å². The van der Waals surface area contributed by atoms with Gasteiger partial charge in [-0.15, -0.1) is 0 Å². The molecule has 2 aliphatic rings. The molecule has 0 radical (unpaired) electrons. The van der Waals surface area contributed by atoms with Crippen LogP contribution >= 0.6 is 0 Å². The lowest BCUT2D eigenvalue weighted by Gasteiger charge is -2.25. The molecule has 2 rings (SSSR count). The first kappa shape index (κ1) is 7.92. The van der Waals surface area contributed by atoms with Crippen molar-refractivity contribution in [1.29, 1.82) is 0 Å². The summed E-state index contributed by atoms with van der Waals surface area (Å²) in [5.74, 6) is 0. The van der Waals surface area contributed by atoms with E-state index < -0.39 is 0 Å². The van der Waals surface area contributed by atoms with Crippen LogP contribution in [0.3, 0.4) is 0 Å². The van der Waals surface area contributed by atoms with E-state index in [4.69, 9.17) is 0 Å². The Bertz CT molecular complexity index is 173. The van der Waals surface area contributed by atoms with E-state index in [1.54, 1.807) is 0 Å². The monoisotopic (exact) mass is 167 g/mol. The molecule has 0 aliphatic carbocycles. The number of nitrogens with zero attached hydrogens (tertiary/aromatic N) is 2. The van der Waals surface area contributed by atoms with E-state index in [2.05, 4.69) is 34.4 Å². The Morgan fingerprint density at radius 3 is 3.00 bits per heavy atom. The van der Waals surface area contributed by atoms with Crippen LogP contribution in [0.2, 0.25) is 0 Å². The molecule has 2 aliphatic heterocycles. The van der Waals surface area contributed by atoms with Crippen LogP contribution in [0.5, 0.6) is 0 Å². The van der Waals surface area contributed by atoms with Crippen molar-refractivity contribution >= 4 is 0 Å². The van der Waals surface area contributed by atoms with Crippen molar-refractivity contribution in [1.82, 2.24) is 15.1 Å². The van der Waals surface area contributed by atoms with Gasteiger partial charge in [0.05, 0.1) is 6.67 Å². The molecule has 1 N–H and O–H groups in total. The highest BCUT2D eigenvalue weighted by molar-refractivity contribution is 4.95. The number of nitrogens with one attached hydrogen (secondary N) is 1. The summed E-state index contributed by atoms with van der Waals surface area (Å²) in [6, 6.07) is 0.734. The second-order valence-electron chi connectivity index (χ2n) is 3.51. The molecule has 3 heteroatoms. The van der Waals surface area contributed by atoms with E-state index in [0.29, 0.717) is 0 Å². The fraction of sp³-hybridized carbons (Fsp3) is 0.778. The topological polar surface area (TPSA) is 18.5 Å². The van der Waals surface area contributed by atoms with Gasteiger partial charge in [0.15, 0.2) is 0 Å². The van der Waals surface area contributed by atoms with Gasteiger partial charge in [0, 0.05) is 31.5 Å². The van der Waals surface area contributed by atoms with E-state index in [-0.39, 0.29) is 0 Å². The Morgan fingerprint density at radius 2 is 2.42 bits per heavy atom. The average Bonchev–Trinajstić information content (AvgIpc) is 2.75. The van der Waals surface area contributed by atoms with E-state index in [0.717, 1.165) is 25.8 Å². The Morgan fingerprint density at radius 1 is 1.50 bits per heavy atom. The highest BCUT2D eigenvalue weighted by Crippen LogP contribution is 2.14. The second-order valence-corrected chi connectivity index (χ2v) is 3.51. The minimum Gasteiger partial charge on any atom is -0.359 e. The van der Waals surface area contributed by atoms with Gasteiger partial charge in [0.2, 0.25) is 0 Å². The van der Waals surface area contributed by atoms with E-state index in [1.807, 2.05) is 0 Å². The van der Waals surface area contributed by atoms with Crippen LogP contribution < -0.4 is 5.32 Å². The van der Waals surface area contributed by atoms with Gasteiger partial charge < -0.3 is 15.1 Å². The predicted octanol–water partition coefficient (Wildman–Crippen LogP) is 0.414. The van der Waals surface area contributed by atoms with Crippen molar-refractivity contribution in [3.05, 3.63) is 12.4 Å². The molecule has 0 aromatic carbocycles. The number of hydrogen-bond donors (Lipinski definition) is 1. The van der Waals surface area contributed by atoms with Gasteiger partial charge in [-0.1, -0.05) is 0 Å². The van der Waals surface area contributed by atoms with Crippen molar-refractivity contribution in [2.24, 2.45) is 0 Å². The molecule has 0 aromatic heterocycles. The van der Waals surface area contributed by atoms with Gasteiger partial charge in [0.1, 0.15) is 0 Å². The molecule has 1 saturated heterocycles. The number of hydrogen-bond acceptors (Lipinski definition) is 3. The molecule has 0 saturated carbocycles. The summed E-state index contributed by atoms with van der Waals surface area (Å²) in [7, 11) is 0. The highest BCUT2D eigenvalue weighted by Gasteiger charge is 2.22. The summed E-state index contributed by atoms with van der Waals surface area (Å²) in [6.07, 6.45) is 5.71. The summed E-state index contributed by atoms with van der Waals surface area (Å²) in [6.45, 7) is 6.74. The standard InChI is InChI=1S/C9H17N3/c1-2-11-5-6-12(8-11)9-3-4-10-7-9/h5-6,9-10H,2-4,7-8H2,1H3/t9-/m1/s1. The zero-order valence-corrected chi connectivity index (χ0v) is 7.66. The van der Waals surface area contributed by atoms with Gasteiger partial charge in [-0.25, -0.2) is 0 Å². The lowest BCUT2D eigenvalue weighted by Crippen LogP contribution is -2.35. The molecule has 12 heavy (non-hydrogen) atoms. The quantitative estimate of drug-likeness (QED) is 0.643. The van der Waals surface area contributed by atoms with Crippen molar-refractivity contribution in [3.8, 4) is 0 Å². The largest absolute Gasteiger partial charge is 0.359 e. The van der Waals surface area contributed by atoms with Gasteiger partial charge in [0.25, 0.3) is 0 Å². The molecule has 68 valence electrons. The summed E-state index contributed by atoms with van der Waals surface area (Å²) in [5.41, 5.74) is 0. The molecule has 2 heterocycles.